The molecule has 0 aromatic heterocycles. The Labute approximate surface area is 68.7 Å². The van der Waals surface area contributed by atoms with Gasteiger partial charge in [0, 0.05) is 6.42 Å². The van der Waals surface area contributed by atoms with E-state index in [0.717, 1.165) is 10.7 Å². The maximum Gasteiger partial charge on any atom is 0.274 e. The first kappa shape index (κ1) is 7.56. The van der Waals surface area contributed by atoms with Crippen LogP contribution in [0.3, 0.4) is 0 Å². The van der Waals surface area contributed by atoms with Gasteiger partial charge in [-0.05, 0) is 26.2 Å². The minimum Gasteiger partial charge on any atom is -0.141 e. The first-order chi connectivity index (χ1) is 5.29. The summed E-state index contributed by atoms with van der Waals surface area (Å²) in [5, 5.41) is 0. The van der Waals surface area contributed by atoms with E-state index in [1.54, 1.807) is 0 Å². The van der Waals surface area contributed by atoms with Crippen LogP contribution in [0.25, 0.3) is 0 Å². The lowest BCUT2D eigenvalue weighted by molar-refractivity contribution is -0.946. The van der Waals surface area contributed by atoms with Crippen LogP contribution in [-0.4, -0.2) is 23.5 Å². The number of hydroxylamine groups is 3. The molecule has 0 saturated carbocycles. The molecule has 0 bridgehead atoms. The van der Waals surface area contributed by atoms with Crippen LogP contribution in [0.5, 0.6) is 0 Å². The number of piperidine rings is 1. The van der Waals surface area contributed by atoms with Gasteiger partial charge in [0.05, 0.1) is 0 Å². The highest BCUT2D eigenvalue weighted by Crippen LogP contribution is 2.44. The topological polar surface area (TPSA) is 12.5 Å². The van der Waals surface area contributed by atoms with Gasteiger partial charge in [-0.2, -0.15) is 0 Å². The highest BCUT2D eigenvalue weighted by Gasteiger charge is 2.62. The van der Waals surface area contributed by atoms with Gasteiger partial charge in [-0.1, -0.05) is 6.92 Å². The number of fused-ring (bicyclic) bond motifs is 1. The summed E-state index contributed by atoms with van der Waals surface area (Å²) in [6.45, 7) is 5.83. The molecule has 3 atom stereocenters. The SMILES string of the molecule is CCC(C)[N+]12CCCCC1O2. The molecular weight excluding hydrogens is 138 g/mol. The molecule has 0 radical (unpaired) electrons. The molecule has 11 heavy (non-hydrogen) atoms. The average molecular weight is 156 g/mol. The molecular formula is C9H18NO+. The third kappa shape index (κ3) is 1.00. The fraction of sp³-hybridized carbons (Fsp3) is 1.00. The summed E-state index contributed by atoms with van der Waals surface area (Å²) in [6, 6.07) is 0.722. The molecule has 3 unspecified atom stereocenters. The standard InChI is InChI=1S/C9H18NO/c1-3-8(2)10-7-5-4-6-9(10)11-10/h8-9H,3-7H2,1-2H3/q+1. The number of hydrogen-bond donors (Lipinski definition) is 0. The zero-order chi connectivity index (χ0) is 7.90. The molecule has 0 aliphatic carbocycles. The van der Waals surface area contributed by atoms with Crippen LogP contribution in [0.2, 0.25) is 0 Å². The van der Waals surface area contributed by atoms with Crippen LogP contribution in [-0.2, 0) is 4.84 Å². The second kappa shape index (κ2) is 2.46. The Morgan fingerprint density at radius 2 is 2.36 bits per heavy atom. The minimum atomic E-state index is 0.582. The summed E-state index contributed by atoms with van der Waals surface area (Å²) in [5.41, 5.74) is 0. The van der Waals surface area contributed by atoms with Crippen molar-refractivity contribution in [1.82, 2.24) is 0 Å². The molecule has 2 fully saturated rings. The normalized spacial score (nSPS) is 44.7. The van der Waals surface area contributed by atoms with Crippen molar-refractivity contribution >= 4 is 0 Å². The highest BCUT2D eigenvalue weighted by atomic mass is 16.9. The zero-order valence-electron chi connectivity index (χ0n) is 7.55. The van der Waals surface area contributed by atoms with Crippen LogP contribution in [0.1, 0.15) is 39.5 Å². The van der Waals surface area contributed by atoms with Crippen LogP contribution in [0.4, 0.5) is 0 Å². The van der Waals surface area contributed by atoms with E-state index in [-0.39, 0.29) is 0 Å². The molecule has 0 aromatic rings. The van der Waals surface area contributed by atoms with Crippen molar-refractivity contribution in [2.45, 2.75) is 51.8 Å². The Morgan fingerprint density at radius 1 is 1.55 bits per heavy atom. The molecule has 0 spiro atoms. The summed E-state index contributed by atoms with van der Waals surface area (Å²) >= 11 is 0. The van der Waals surface area contributed by atoms with Gasteiger partial charge in [0.25, 0.3) is 6.23 Å². The van der Waals surface area contributed by atoms with E-state index in [1.165, 1.54) is 32.2 Å². The van der Waals surface area contributed by atoms with E-state index in [1.807, 2.05) is 0 Å². The predicted octanol–water partition coefficient (Wildman–Crippen LogP) is 2.06. The van der Waals surface area contributed by atoms with Gasteiger partial charge in [0.1, 0.15) is 12.6 Å². The quantitative estimate of drug-likeness (QED) is 0.440. The Balaban J connectivity index is 2.01. The average Bonchev–Trinajstić information content (AvgIpc) is 2.78. The van der Waals surface area contributed by atoms with Gasteiger partial charge in [-0.15, -0.1) is 9.48 Å². The maximum atomic E-state index is 5.76. The first-order valence-corrected chi connectivity index (χ1v) is 4.85. The van der Waals surface area contributed by atoms with Gasteiger partial charge >= 0.3 is 0 Å². The molecule has 64 valence electrons. The van der Waals surface area contributed by atoms with E-state index >= 15 is 0 Å². The molecule has 0 aromatic carbocycles. The van der Waals surface area contributed by atoms with Gasteiger partial charge in [-0.3, -0.25) is 0 Å². The lowest BCUT2D eigenvalue weighted by Crippen LogP contribution is -2.40. The summed E-state index contributed by atoms with van der Waals surface area (Å²) in [5.74, 6) is 0. The Bertz CT molecular complexity index is 160. The molecule has 2 nitrogen and oxygen atoms in total. The fourth-order valence-electron chi connectivity index (χ4n) is 2.26. The number of rotatable bonds is 2. The van der Waals surface area contributed by atoms with Crippen LogP contribution < -0.4 is 0 Å². The summed E-state index contributed by atoms with van der Waals surface area (Å²) in [7, 11) is 0. The van der Waals surface area contributed by atoms with Crippen molar-refractivity contribution in [3.8, 4) is 0 Å². The molecule has 2 rings (SSSR count). The number of nitrogens with zero attached hydrogens (tertiary/aromatic N) is 1. The van der Waals surface area contributed by atoms with Gasteiger partial charge < -0.3 is 0 Å². The van der Waals surface area contributed by atoms with Crippen LogP contribution in [0.15, 0.2) is 0 Å². The minimum absolute atomic E-state index is 0.582. The molecule has 0 amide bonds. The highest BCUT2D eigenvalue weighted by molar-refractivity contribution is 4.65. The Morgan fingerprint density at radius 3 is 3.00 bits per heavy atom. The van der Waals surface area contributed by atoms with Gasteiger partial charge in [0.2, 0.25) is 0 Å². The number of quaternary nitrogens is 1. The van der Waals surface area contributed by atoms with E-state index in [4.69, 9.17) is 4.84 Å². The molecule has 2 aliphatic rings. The molecule has 2 aliphatic heterocycles. The molecule has 2 heterocycles. The monoisotopic (exact) mass is 156 g/mol. The van der Waals surface area contributed by atoms with Crippen molar-refractivity contribution in [3.05, 3.63) is 0 Å². The fourth-order valence-corrected chi connectivity index (χ4v) is 2.26. The van der Waals surface area contributed by atoms with E-state index < -0.39 is 0 Å². The second-order valence-electron chi connectivity index (χ2n) is 3.89. The van der Waals surface area contributed by atoms with Crippen LogP contribution in [0, 0.1) is 0 Å². The summed E-state index contributed by atoms with van der Waals surface area (Å²) < 4.78 is 0.997. The Kier molecular flexibility index (Phi) is 1.69. The van der Waals surface area contributed by atoms with Gasteiger partial charge in [-0.25, -0.2) is 0 Å². The Hall–Kier alpha value is -0.0800. The summed E-state index contributed by atoms with van der Waals surface area (Å²) in [4.78, 5) is 5.76. The van der Waals surface area contributed by atoms with Crippen molar-refractivity contribution in [3.63, 3.8) is 0 Å². The zero-order valence-corrected chi connectivity index (χ0v) is 7.55. The van der Waals surface area contributed by atoms with Crippen molar-refractivity contribution in [2.75, 3.05) is 6.54 Å². The third-order valence-corrected chi connectivity index (χ3v) is 3.31. The lowest BCUT2D eigenvalue weighted by Gasteiger charge is -2.22. The third-order valence-electron chi connectivity index (χ3n) is 3.31. The lowest BCUT2D eigenvalue weighted by atomic mass is 10.1. The maximum absolute atomic E-state index is 5.76. The van der Waals surface area contributed by atoms with E-state index in [2.05, 4.69) is 13.8 Å². The smallest absolute Gasteiger partial charge is 0.141 e. The van der Waals surface area contributed by atoms with Crippen molar-refractivity contribution < 1.29 is 9.48 Å². The second-order valence-corrected chi connectivity index (χ2v) is 3.89. The van der Waals surface area contributed by atoms with Crippen molar-refractivity contribution in [1.29, 1.82) is 0 Å². The molecule has 0 N–H and O–H groups in total. The number of hydrogen-bond acceptors (Lipinski definition) is 1. The van der Waals surface area contributed by atoms with Gasteiger partial charge in [0.15, 0.2) is 0 Å². The predicted molar refractivity (Wildman–Crippen MR) is 43.6 cm³/mol. The summed E-state index contributed by atoms with van der Waals surface area (Å²) in [6.07, 6.45) is 5.86. The molecule has 2 heteroatoms. The van der Waals surface area contributed by atoms with E-state index in [0.29, 0.717) is 6.23 Å². The van der Waals surface area contributed by atoms with E-state index in [9.17, 15) is 0 Å². The first-order valence-electron chi connectivity index (χ1n) is 4.85. The molecule has 2 saturated heterocycles. The van der Waals surface area contributed by atoms with Crippen LogP contribution >= 0.6 is 0 Å². The largest absolute Gasteiger partial charge is 0.274 e. The van der Waals surface area contributed by atoms with Crippen molar-refractivity contribution in [2.24, 2.45) is 0 Å².